The van der Waals surface area contributed by atoms with Crippen LogP contribution in [0.4, 0.5) is 21.6 Å². The minimum absolute atomic E-state index is 0.314. The number of hydrogen-bond donors (Lipinski definition) is 3. The number of halogens is 2. The van der Waals surface area contributed by atoms with Gasteiger partial charge in [0.15, 0.2) is 11.5 Å². The van der Waals surface area contributed by atoms with E-state index in [-0.39, 0.29) is 5.82 Å². The topological polar surface area (TPSA) is 73.3 Å². The Morgan fingerprint density at radius 1 is 1.28 bits per heavy atom. The largest absolute Gasteiger partial charge is 0.369 e. The molecular weight excluding hydrogens is 393 g/mol. The van der Waals surface area contributed by atoms with Crippen molar-refractivity contribution in [3.8, 4) is 0 Å². The molecule has 4 aromatic rings. The van der Waals surface area contributed by atoms with Crippen LogP contribution in [0.15, 0.2) is 30.6 Å². The molecule has 3 N–H and O–H groups in total. The number of fused-ring (bicyclic) bond motifs is 2. The third kappa shape index (κ3) is 3.28. The molecule has 0 radical (unpaired) electrons. The first-order chi connectivity index (χ1) is 14.0. The van der Waals surface area contributed by atoms with Crippen molar-refractivity contribution in [2.24, 2.45) is 0 Å². The number of pyridine rings is 1. The Hall–Kier alpha value is -2.84. The third-order valence-corrected chi connectivity index (χ3v) is 5.50. The normalized spacial score (nSPS) is 17.4. The highest BCUT2D eigenvalue weighted by atomic mass is 35.5. The molecule has 1 unspecified atom stereocenters. The molecule has 7 nitrogen and oxygen atoms in total. The smallest absolute Gasteiger partial charge is 0.163 e. The van der Waals surface area contributed by atoms with E-state index < -0.39 is 0 Å². The number of aromatic nitrogens is 4. The van der Waals surface area contributed by atoms with Gasteiger partial charge >= 0.3 is 0 Å². The van der Waals surface area contributed by atoms with Crippen molar-refractivity contribution in [2.45, 2.75) is 19.9 Å². The van der Waals surface area contributed by atoms with Crippen LogP contribution >= 0.6 is 11.6 Å². The van der Waals surface area contributed by atoms with Gasteiger partial charge in [0.05, 0.1) is 27.3 Å². The maximum atomic E-state index is 15.0. The summed E-state index contributed by atoms with van der Waals surface area (Å²) in [6, 6.07) is 5.66. The predicted molar refractivity (Wildman–Crippen MR) is 114 cm³/mol. The fourth-order valence-electron chi connectivity index (χ4n) is 3.92. The van der Waals surface area contributed by atoms with E-state index in [1.165, 1.54) is 0 Å². The minimum Gasteiger partial charge on any atom is -0.369 e. The lowest BCUT2D eigenvalue weighted by Crippen LogP contribution is -2.49. The van der Waals surface area contributed by atoms with Gasteiger partial charge in [-0.15, -0.1) is 0 Å². The van der Waals surface area contributed by atoms with Crippen molar-refractivity contribution in [1.29, 1.82) is 0 Å². The van der Waals surface area contributed by atoms with E-state index in [0.717, 1.165) is 31.0 Å². The first-order valence-electron chi connectivity index (χ1n) is 9.56. The molecule has 0 bridgehead atoms. The summed E-state index contributed by atoms with van der Waals surface area (Å²) in [4.78, 5) is 6.57. The zero-order valence-electron chi connectivity index (χ0n) is 16.1. The molecule has 0 aliphatic carbocycles. The van der Waals surface area contributed by atoms with Crippen molar-refractivity contribution >= 4 is 45.3 Å². The van der Waals surface area contributed by atoms with Crippen molar-refractivity contribution < 1.29 is 4.39 Å². The lowest BCUT2D eigenvalue weighted by molar-refractivity contribution is 0.484. The number of aryl methyl sites for hydroxylation is 1. The first kappa shape index (κ1) is 18.2. The summed E-state index contributed by atoms with van der Waals surface area (Å²) in [5, 5.41) is 14.8. The van der Waals surface area contributed by atoms with Crippen molar-refractivity contribution in [1.82, 2.24) is 24.9 Å². The Kier molecular flexibility index (Phi) is 4.33. The second-order valence-corrected chi connectivity index (χ2v) is 7.95. The molecule has 1 aliphatic heterocycles. The van der Waals surface area contributed by atoms with Crippen LogP contribution < -0.4 is 15.5 Å². The van der Waals surface area contributed by atoms with Gasteiger partial charge in [0.1, 0.15) is 5.82 Å². The lowest BCUT2D eigenvalue weighted by atomic mass is 10.1. The average Bonchev–Trinajstić information content (AvgIpc) is 3.25. The molecule has 0 spiro atoms. The molecule has 3 aromatic heterocycles. The molecule has 1 fully saturated rings. The van der Waals surface area contributed by atoms with Gasteiger partial charge in [-0.3, -0.25) is 5.10 Å². The lowest BCUT2D eigenvalue weighted by Gasteiger charge is -2.33. The summed E-state index contributed by atoms with van der Waals surface area (Å²) >= 11 is 6.35. The summed E-state index contributed by atoms with van der Waals surface area (Å²) in [7, 11) is 0. The van der Waals surface area contributed by atoms with Gasteiger partial charge in [0, 0.05) is 43.8 Å². The summed E-state index contributed by atoms with van der Waals surface area (Å²) in [5.41, 5.74) is 3.77. The van der Waals surface area contributed by atoms with Crippen molar-refractivity contribution in [3.63, 3.8) is 0 Å². The van der Waals surface area contributed by atoms with Crippen LogP contribution in [0.2, 0.25) is 5.02 Å². The summed E-state index contributed by atoms with van der Waals surface area (Å²) < 4.78 is 16.9. The number of hydrogen-bond acceptors (Lipinski definition) is 5. The number of anilines is 3. The van der Waals surface area contributed by atoms with E-state index in [0.29, 0.717) is 39.1 Å². The highest BCUT2D eigenvalue weighted by Crippen LogP contribution is 2.32. The van der Waals surface area contributed by atoms with Crippen LogP contribution in [0.5, 0.6) is 0 Å². The van der Waals surface area contributed by atoms with Crippen molar-refractivity contribution in [2.75, 3.05) is 29.9 Å². The SMILES string of the molecule is Cc1cn2cc(Nc3n[nH]c4cc(N5CCNC(C)C5)cc(F)c34)cc(Cl)c2n1. The molecule has 0 saturated carbocycles. The van der Waals surface area contributed by atoms with Gasteiger partial charge in [-0.1, -0.05) is 11.6 Å². The van der Waals surface area contributed by atoms with E-state index in [2.05, 4.69) is 37.6 Å². The summed E-state index contributed by atoms with van der Waals surface area (Å²) in [6.07, 6.45) is 3.74. The zero-order valence-corrected chi connectivity index (χ0v) is 16.9. The number of benzene rings is 1. The van der Waals surface area contributed by atoms with Gasteiger partial charge in [-0.25, -0.2) is 9.37 Å². The predicted octanol–water partition coefficient (Wildman–Crippen LogP) is 3.85. The molecular formula is C20H21ClFN7. The molecule has 1 saturated heterocycles. The number of imidazole rings is 1. The van der Waals surface area contributed by atoms with Gasteiger partial charge < -0.3 is 19.9 Å². The number of nitrogens with zero attached hydrogens (tertiary/aromatic N) is 4. The number of H-pyrrole nitrogens is 1. The van der Waals surface area contributed by atoms with Gasteiger partial charge in [0.25, 0.3) is 0 Å². The number of piperazine rings is 1. The van der Waals surface area contributed by atoms with Crippen LogP contribution in [0.1, 0.15) is 12.6 Å². The molecule has 5 rings (SSSR count). The highest BCUT2D eigenvalue weighted by Gasteiger charge is 2.20. The van der Waals surface area contributed by atoms with Crippen LogP contribution in [0.25, 0.3) is 16.6 Å². The summed E-state index contributed by atoms with van der Waals surface area (Å²) in [5.74, 6) is 0.107. The quantitative estimate of drug-likeness (QED) is 0.475. The van der Waals surface area contributed by atoms with E-state index in [1.807, 2.05) is 29.8 Å². The first-order valence-corrected chi connectivity index (χ1v) is 9.93. The minimum atomic E-state index is -0.314. The third-order valence-electron chi connectivity index (χ3n) is 5.22. The second-order valence-electron chi connectivity index (χ2n) is 7.54. The van der Waals surface area contributed by atoms with Gasteiger partial charge in [0.2, 0.25) is 0 Å². The average molecular weight is 414 g/mol. The standard InChI is InChI=1S/C20H21ClFN7/c1-11-8-28(4-3-23-11)14-6-16(22)18-17(7-14)26-27-19(18)25-13-5-15(21)20-24-12(2)9-29(20)10-13/h5-7,9-11,23H,3-4,8H2,1-2H3,(H2,25,26,27). The molecule has 4 heterocycles. The molecule has 9 heteroatoms. The van der Waals surface area contributed by atoms with Gasteiger partial charge in [-0.2, -0.15) is 5.10 Å². The highest BCUT2D eigenvalue weighted by molar-refractivity contribution is 6.33. The molecule has 1 aromatic carbocycles. The molecule has 150 valence electrons. The van der Waals surface area contributed by atoms with Crippen LogP contribution in [-0.4, -0.2) is 45.3 Å². The Bertz CT molecular complexity index is 1210. The summed E-state index contributed by atoms with van der Waals surface area (Å²) in [6.45, 7) is 6.60. The maximum absolute atomic E-state index is 15.0. The molecule has 29 heavy (non-hydrogen) atoms. The van der Waals surface area contributed by atoms with E-state index in [4.69, 9.17) is 11.6 Å². The number of rotatable bonds is 3. The molecule has 1 aliphatic rings. The van der Waals surface area contributed by atoms with Gasteiger partial charge in [-0.05, 0) is 32.0 Å². The maximum Gasteiger partial charge on any atom is 0.163 e. The fourth-order valence-corrected chi connectivity index (χ4v) is 4.17. The Labute approximate surface area is 171 Å². The van der Waals surface area contributed by atoms with E-state index >= 15 is 4.39 Å². The van der Waals surface area contributed by atoms with Crippen LogP contribution in [0, 0.1) is 12.7 Å². The zero-order chi connectivity index (χ0) is 20.1. The van der Waals surface area contributed by atoms with Crippen LogP contribution in [-0.2, 0) is 0 Å². The number of nitrogens with one attached hydrogen (secondary N) is 3. The Balaban J connectivity index is 1.50. The number of aromatic amines is 1. The van der Waals surface area contributed by atoms with E-state index in [1.54, 1.807) is 12.1 Å². The van der Waals surface area contributed by atoms with Crippen LogP contribution in [0.3, 0.4) is 0 Å². The molecule has 1 atom stereocenters. The monoisotopic (exact) mass is 413 g/mol. The Morgan fingerprint density at radius 2 is 2.14 bits per heavy atom. The molecule has 0 amide bonds. The Morgan fingerprint density at radius 3 is 2.97 bits per heavy atom. The second kappa shape index (κ2) is 6.89. The van der Waals surface area contributed by atoms with Crippen molar-refractivity contribution in [3.05, 3.63) is 47.1 Å². The fraction of sp³-hybridized carbons (Fsp3) is 0.300. The van der Waals surface area contributed by atoms with E-state index in [9.17, 15) is 0 Å².